The molecule has 202 valence electrons. The van der Waals surface area contributed by atoms with Gasteiger partial charge >= 0.3 is 0 Å². The summed E-state index contributed by atoms with van der Waals surface area (Å²) in [5.41, 5.74) is 6.35. The minimum Gasteiger partial charge on any atom is -0.486 e. The van der Waals surface area contributed by atoms with Crippen LogP contribution >= 0.6 is 0 Å². The van der Waals surface area contributed by atoms with E-state index in [1.807, 2.05) is 6.92 Å². The standard InChI is InChI=1S/C25H27F3N6O4/c1-13(32-24(36)18(9-29)19-4-3-16(10-31-19)37-12-21(27)28)6-14-7-17(8-14)38-25-22(23(30)35)20-5-2-15(26)11-34(20)33-25/h2-5,9-11,13-14,17,21,29,31H,6-8,12H2,1H3,(H2,30,35)(H,32,36)/b19-18+,29-9?/t13-,14?,17?/m0/s1. The summed E-state index contributed by atoms with van der Waals surface area (Å²) >= 11 is 0. The summed E-state index contributed by atoms with van der Waals surface area (Å²) in [4.78, 5) is 24.7. The van der Waals surface area contributed by atoms with E-state index in [0.717, 1.165) is 12.4 Å². The quantitative estimate of drug-likeness (QED) is 0.259. The van der Waals surface area contributed by atoms with Crippen LogP contribution in [0.5, 0.6) is 5.88 Å². The van der Waals surface area contributed by atoms with Gasteiger partial charge in [-0.25, -0.2) is 17.7 Å². The minimum atomic E-state index is -2.60. The van der Waals surface area contributed by atoms with E-state index in [0.29, 0.717) is 30.5 Å². The molecule has 1 saturated carbocycles. The van der Waals surface area contributed by atoms with E-state index in [1.54, 1.807) is 0 Å². The lowest BCUT2D eigenvalue weighted by Gasteiger charge is -2.36. The number of alkyl halides is 2. The van der Waals surface area contributed by atoms with Gasteiger partial charge in [0.05, 0.1) is 23.0 Å². The second kappa shape index (κ2) is 11.4. The number of amides is 2. The first-order valence-electron chi connectivity index (χ1n) is 11.9. The predicted octanol–water partition coefficient (Wildman–Crippen LogP) is 2.81. The third kappa shape index (κ3) is 6.15. The van der Waals surface area contributed by atoms with E-state index in [9.17, 15) is 22.8 Å². The number of dihydropyridines is 1. The van der Waals surface area contributed by atoms with Crippen molar-refractivity contribution in [1.29, 1.82) is 5.41 Å². The molecule has 1 aliphatic carbocycles. The van der Waals surface area contributed by atoms with Gasteiger partial charge in [-0.15, -0.1) is 5.10 Å². The van der Waals surface area contributed by atoms with Gasteiger partial charge in [-0.1, -0.05) is 0 Å². The third-order valence-electron chi connectivity index (χ3n) is 6.18. The Kier molecular flexibility index (Phi) is 8.03. The van der Waals surface area contributed by atoms with Crippen LogP contribution in [0.25, 0.3) is 5.52 Å². The molecule has 2 aliphatic rings. The van der Waals surface area contributed by atoms with Crippen molar-refractivity contribution in [3.63, 3.8) is 0 Å². The number of ether oxygens (including phenoxy) is 2. The second-order valence-corrected chi connectivity index (χ2v) is 9.11. The van der Waals surface area contributed by atoms with Crippen LogP contribution in [0.1, 0.15) is 36.5 Å². The largest absolute Gasteiger partial charge is 0.486 e. The van der Waals surface area contributed by atoms with E-state index >= 15 is 0 Å². The van der Waals surface area contributed by atoms with Crippen molar-refractivity contribution in [2.45, 2.75) is 44.8 Å². The molecular weight excluding hydrogens is 505 g/mol. The second-order valence-electron chi connectivity index (χ2n) is 9.11. The average molecular weight is 533 g/mol. The van der Waals surface area contributed by atoms with Gasteiger partial charge in [0.1, 0.15) is 29.9 Å². The fourth-order valence-corrected chi connectivity index (χ4v) is 4.39. The molecule has 0 aromatic carbocycles. The number of rotatable bonds is 11. The SMILES string of the molecule is C[C@@H](CC1CC(Oc2nn3cc(F)ccc3c2C(N)=O)C1)NC(=O)/C(C=N)=C1\C=CC(OCC(F)F)=CN1. The molecule has 1 atom stereocenters. The van der Waals surface area contributed by atoms with Crippen molar-refractivity contribution in [2.24, 2.45) is 11.7 Å². The van der Waals surface area contributed by atoms with E-state index in [4.69, 9.17) is 20.6 Å². The normalized spacial score (nSPS) is 20.7. The Hall–Kier alpha value is -4.29. The third-order valence-corrected chi connectivity index (χ3v) is 6.18. The maximum absolute atomic E-state index is 13.5. The molecule has 0 radical (unpaired) electrons. The molecule has 0 spiro atoms. The lowest BCUT2D eigenvalue weighted by Crippen LogP contribution is -2.41. The molecule has 10 nitrogen and oxygen atoms in total. The maximum Gasteiger partial charge on any atom is 0.272 e. The van der Waals surface area contributed by atoms with Crippen molar-refractivity contribution < 1.29 is 32.2 Å². The number of allylic oxidation sites excluding steroid dienone is 2. The van der Waals surface area contributed by atoms with Gasteiger partial charge in [0.2, 0.25) is 5.88 Å². The maximum atomic E-state index is 13.5. The van der Waals surface area contributed by atoms with Crippen LogP contribution in [-0.4, -0.2) is 52.8 Å². The highest BCUT2D eigenvalue weighted by molar-refractivity contribution is 6.12. The highest BCUT2D eigenvalue weighted by Gasteiger charge is 2.34. The molecule has 2 aromatic heterocycles. The van der Waals surface area contributed by atoms with Crippen molar-refractivity contribution in [2.75, 3.05) is 6.61 Å². The zero-order valence-electron chi connectivity index (χ0n) is 20.4. The first-order chi connectivity index (χ1) is 18.1. The number of nitrogens with zero attached hydrogens (tertiary/aromatic N) is 2. The van der Waals surface area contributed by atoms with Crippen LogP contribution in [0, 0.1) is 17.1 Å². The summed E-state index contributed by atoms with van der Waals surface area (Å²) in [6.07, 6.45) is 5.47. The Balaban J connectivity index is 1.28. The van der Waals surface area contributed by atoms with E-state index < -0.39 is 30.7 Å². The van der Waals surface area contributed by atoms with Crippen LogP contribution in [0.15, 0.2) is 53.7 Å². The highest BCUT2D eigenvalue weighted by atomic mass is 19.3. The molecule has 2 amide bonds. The number of pyridine rings is 1. The molecule has 1 aliphatic heterocycles. The molecule has 5 N–H and O–H groups in total. The van der Waals surface area contributed by atoms with Crippen molar-refractivity contribution >= 4 is 23.5 Å². The molecule has 2 aromatic rings. The Morgan fingerprint density at radius 1 is 1.34 bits per heavy atom. The van der Waals surface area contributed by atoms with Crippen LogP contribution in [0.2, 0.25) is 0 Å². The van der Waals surface area contributed by atoms with E-state index in [1.165, 1.54) is 35.0 Å². The fourth-order valence-electron chi connectivity index (χ4n) is 4.39. The van der Waals surface area contributed by atoms with Crippen LogP contribution in [-0.2, 0) is 9.53 Å². The fraction of sp³-hybridized carbons (Fsp3) is 0.360. The first kappa shape index (κ1) is 26.8. The number of nitrogens with one attached hydrogen (secondary N) is 3. The summed E-state index contributed by atoms with van der Waals surface area (Å²) in [5, 5.41) is 17.4. The summed E-state index contributed by atoms with van der Waals surface area (Å²) in [5.74, 6) is -1.21. The smallest absolute Gasteiger partial charge is 0.272 e. The number of primary amides is 1. The summed E-state index contributed by atoms with van der Waals surface area (Å²) < 4.78 is 50.1. The van der Waals surface area contributed by atoms with E-state index in [2.05, 4.69) is 15.7 Å². The van der Waals surface area contributed by atoms with Crippen LogP contribution < -0.4 is 21.1 Å². The van der Waals surface area contributed by atoms with Crippen molar-refractivity contribution in [3.05, 3.63) is 65.1 Å². The highest BCUT2D eigenvalue weighted by Crippen LogP contribution is 2.35. The molecule has 4 rings (SSSR count). The zero-order valence-corrected chi connectivity index (χ0v) is 20.4. The zero-order chi connectivity index (χ0) is 27.4. The van der Waals surface area contributed by atoms with Gasteiger partial charge < -0.3 is 31.3 Å². The van der Waals surface area contributed by atoms with Gasteiger partial charge in [0.25, 0.3) is 18.2 Å². The molecule has 0 bridgehead atoms. The van der Waals surface area contributed by atoms with Gasteiger partial charge in [0.15, 0.2) is 0 Å². The molecule has 0 saturated heterocycles. The monoisotopic (exact) mass is 532 g/mol. The number of fused-ring (bicyclic) bond motifs is 1. The number of nitrogens with two attached hydrogens (primary N) is 1. The molecule has 3 heterocycles. The van der Waals surface area contributed by atoms with E-state index in [-0.39, 0.29) is 40.8 Å². The molecular formula is C25H27F3N6O4. The van der Waals surface area contributed by atoms with Gasteiger partial charge in [-0.3, -0.25) is 9.59 Å². The van der Waals surface area contributed by atoms with Crippen molar-refractivity contribution in [1.82, 2.24) is 20.2 Å². The molecule has 38 heavy (non-hydrogen) atoms. The summed E-state index contributed by atoms with van der Waals surface area (Å²) in [6.45, 7) is 1.10. The topological polar surface area (TPSA) is 144 Å². The lowest BCUT2D eigenvalue weighted by molar-refractivity contribution is -0.117. The Bertz CT molecular complexity index is 1330. The van der Waals surface area contributed by atoms with Gasteiger partial charge in [0, 0.05) is 18.5 Å². The molecule has 1 fully saturated rings. The number of carbonyl (C=O) groups is 2. The predicted molar refractivity (Wildman–Crippen MR) is 131 cm³/mol. The number of hydrogen-bond donors (Lipinski definition) is 4. The Morgan fingerprint density at radius 2 is 2.11 bits per heavy atom. The van der Waals surface area contributed by atoms with Crippen LogP contribution in [0.3, 0.4) is 0 Å². The lowest BCUT2D eigenvalue weighted by atomic mass is 9.78. The number of carbonyl (C=O) groups excluding carboxylic acids is 2. The van der Waals surface area contributed by atoms with Crippen LogP contribution in [0.4, 0.5) is 13.2 Å². The molecule has 13 heteroatoms. The summed E-state index contributed by atoms with van der Waals surface area (Å²) in [6, 6.07) is 2.41. The Labute approximate surface area is 215 Å². The van der Waals surface area contributed by atoms with Crippen molar-refractivity contribution in [3.8, 4) is 5.88 Å². The molecule has 0 unspecified atom stereocenters. The summed E-state index contributed by atoms with van der Waals surface area (Å²) in [7, 11) is 0. The van der Waals surface area contributed by atoms with Gasteiger partial charge in [-0.05, 0) is 56.4 Å². The average Bonchev–Trinajstić information content (AvgIpc) is 3.19. The van der Waals surface area contributed by atoms with Gasteiger partial charge in [-0.2, -0.15) is 0 Å². The Morgan fingerprint density at radius 3 is 2.74 bits per heavy atom. The number of aromatic nitrogens is 2. The minimum absolute atomic E-state index is 0.0556. The number of halogens is 3. The number of hydrogen-bond acceptors (Lipinski definition) is 7. The first-order valence-corrected chi connectivity index (χ1v) is 11.9.